The van der Waals surface area contributed by atoms with Gasteiger partial charge in [0, 0.05) is 6.20 Å². The van der Waals surface area contributed by atoms with Crippen LogP contribution in [0, 0.1) is 21.8 Å². The Morgan fingerprint density at radius 3 is 2.75 bits per heavy atom. The molecule has 6 nitrogen and oxygen atoms in total. The number of halogens is 1. The van der Waals surface area contributed by atoms with Gasteiger partial charge >= 0.3 is 0 Å². The molecule has 1 saturated heterocycles. The van der Waals surface area contributed by atoms with E-state index in [4.69, 9.17) is 40.7 Å². The number of nitrogens with one attached hydrogen (secondary N) is 1. The summed E-state index contributed by atoms with van der Waals surface area (Å²) in [4.78, 5) is 2.60. The molecule has 1 unspecified atom stereocenters. The first-order chi connectivity index (χ1) is 9.28. The normalized spacial score (nSPS) is 36.8. The second-order valence-electron chi connectivity index (χ2n) is 4.30. The van der Waals surface area contributed by atoms with Crippen LogP contribution in [0.1, 0.15) is 6.23 Å². The molecule has 0 radical (unpaired) electrons. The smallest absolute Gasteiger partial charge is 0.264 e. The molecule has 0 bridgehead atoms. The number of ether oxygens (including phenoxy) is 1. The van der Waals surface area contributed by atoms with Crippen LogP contribution in [-0.4, -0.2) is 49.0 Å². The Labute approximate surface area is 123 Å². The fraction of sp³-hybridized carbons (Fsp3) is 0.455. The maximum absolute atomic E-state index is 14.2. The van der Waals surface area contributed by atoms with Crippen LogP contribution >= 0.6 is 24.4 Å². The van der Waals surface area contributed by atoms with Gasteiger partial charge in [-0.15, -0.1) is 6.42 Å². The van der Waals surface area contributed by atoms with Crippen LogP contribution in [0.4, 0.5) is 4.39 Å². The molecular formula is C11H11FN2O4S2. The summed E-state index contributed by atoms with van der Waals surface area (Å²) in [6, 6.07) is 1.43. The third-order valence-corrected chi connectivity index (χ3v) is 3.61. The first-order valence-electron chi connectivity index (χ1n) is 5.46. The Morgan fingerprint density at radius 1 is 1.60 bits per heavy atom. The largest absolute Gasteiger partial charge is 0.390 e. The van der Waals surface area contributed by atoms with Crippen LogP contribution in [0.2, 0.25) is 0 Å². The molecule has 0 spiro atoms. The number of hydrogen-bond donors (Lipinski definition) is 4. The average molecular weight is 318 g/mol. The van der Waals surface area contributed by atoms with Gasteiger partial charge < -0.3 is 25.0 Å². The van der Waals surface area contributed by atoms with Gasteiger partial charge in [0.25, 0.3) is 5.85 Å². The fourth-order valence-corrected chi connectivity index (χ4v) is 2.45. The fourth-order valence-electron chi connectivity index (χ4n) is 1.96. The van der Waals surface area contributed by atoms with Gasteiger partial charge in [0.05, 0.1) is 0 Å². The van der Waals surface area contributed by atoms with Crippen molar-refractivity contribution in [2.24, 2.45) is 0 Å². The number of aliphatic hydroxyl groups is 3. The molecule has 2 rings (SSSR count). The lowest BCUT2D eigenvalue weighted by Crippen LogP contribution is -2.49. The zero-order chi connectivity index (χ0) is 15.1. The van der Waals surface area contributed by atoms with Gasteiger partial charge in [-0.05, 0) is 18.3 Å². The zero-order valence-electron chi connectivity index (χ0n) is 9.99. The Kier molecular flexibility index (Phi) is 3.81. The van der Waals surface area contributed by atoms with Gasteiger partial charge in [0.15, 0.2) is 17.1 Å². The predicted molar refractivity (Wildman–Crippen MR) is 71.3 cm³/mol. The van der Waals surface area contributed by atoms with E-state index in [9.17, 15) is 14.6 Å². The molecule has 0 saturated carbocycles. The summed E-state index contributed by atoms with van der Waals surface area (Å²) in [5.41, 5.74) is -2.40. The van der Waals surface area contributed by atoms with Gasteiger partial charge in [-0.3, -0.25) is 4.57 Å². The Balaban J connectivity index is 2.59. The highest BCUT2D eigenvalue weighted by atomic mass is 32.1. The van der Waals surface area contributed by atoms with Crippen LogP contribution in [0.15, 0.2) is 12.3 Å². The first kappa shape index (κ1) is 15.2. The second kappa shape index (κ2) is 5.00. The van der Waals surface area contributed by atoms with Crippen molar-refractivity contribution in [2.45, 2.75) is 23.8 Å². The van der Waals surface area contributed by atoms with Crippen molar-refractivity contribution in [1.82, 2.24) is 9.55 Å². The topological polar surface area (TPSA) is 90.6 Å². The van der Waals surface area contributed by atoms with Gasteiger partial charge in [-0.1, -0.05) is 18.1 Å². The minimum atomic E-state index is -2.90. The van der Waals surface area contributed by atoms with Crippen molar-refractivity contribution < 1.29 is 24.4 Å². The summed E-state index contributed by atoms with van der Waals surface area (Å²) in [7, 11) is 0. The monoisotopic (exact) mass is 318 g/mol. The van der Waals surface area contributed by atoms with Crippen molar-refractivity contribution in [3.63, 3.8) is 0 Å². The lowest BCUT2D eigenvalue weighted by molar-refractivity contribution is -0.207. The van der Waals surface area contributed by atoms with Crippen LogP contribution in [0.25, 0.3) is 0 Å². The zero-order valence-corrected chi connectivity index (χ0v) is 11.6. The highest BCUT2D eigenvalue weighted by Crippen LogP contribution is 2.44. The Morgan fingerprint density at radius 2 is 2.25 bits per heavy atom. The van der Waals surface area contributed by atoms with E-state index in [2.05, 4.69) is 4.98 Å². The van der Waals surface area contributed by atoms with E-state index >= 15 is 0 Å². The molecule has 2 heterocycles. The maximum Gasteiger partial charge on any atom is 0.264 e. The molecule has 1 aromatic rings. The summed E-state index contributed by atoms with van der Waals surface area (Å²) in [5.74, 6) is -1.00. The molecular weight excluding hydrogens is 307 g/mol. The van der Waals surface area contributed by atoms with E-state index in [1.165, 1.54) is 12.3 Å². The Hall–Kier alpha value is -1.15. The minimum Gasteiger partial charge on any atom is -0.390 e. The summed E-state index contributed by atoms with van der Waals surface area (Å²) < 4.78 is 20.6. The number of terminal acetylenes is 1. The SMILES string of the molecule is C#CC1(O)[C@@H](O)[C@@](F)(CO)O[C@H]1n1ccc(=S)[nH]c1=S. The molecule has 20 heavy (non-hydrogen) atoms. The molecule has 1 aliphatic rings. The van der Waals surface area contributed by atoms with Crippen molar-refractivity contribution in [3.05, 3.63) is 21.7 Å². The number of hydrogen-bond acceptors (Lipinski definition) is 6. The predicted octanol–water partition coefficient (Wildman–Crippen LogP) is 0.187. The molecule has 1 aromatic heterocycles. The summed E-state index contributed by atoms with van der Waals surface area (Å²) in [5, 5.41) is 29.1. The third kappa shape index (κ3) is 2.10. The number of alkyl halides is 1. The van der Waals surface area contributed by atoms with E-state index in [1.54, 1.807) is 0 Å². The average Bonchev–Trinajstić information content (AvgIpc) is 2.62. The quantitative estimate of drug-likeness (QED) is 0.460. The molecule has 9 heteroatoms. The second-order valence-corrected chi connectivity index (χ2v) is 5.13. The lowest BCUT2D eigenvalue weighted by Gasteiger charge is -2.26. The standard InChI is InChI=1S/C11H11FN2O4S2/c1-2-10(17)7(16)11(12,5-15)18-8(10)14-4-3-6(19)13-9(14)20/h1,3-4,7-8,15-17H,5H2,(H,13,19,20)/t7-,8-,10?,11-/m1/s1. The summed E-state index contributed by atoms with van der Waals surface area (Å²) >= 11 is 9.86. The van der Waals surface area contributed by atoms with Crippen molar-refractivity contribution in [1.29, 1.82) is 0 Å². The molecule has 0 amide bonds. The molecule has 0 aromatic carbocycles. The number of aromatic amines is 1. The van der Waals surface area contributed by atoms with Crippen molar-refractivity contribution >= 4 is 24.4 Å². The van der Waals surface area contributed by atoms with Gasteiger partial charge in [-0.25, -0.2) is 4.39 Å². The molecule has 4 atom stereocenters. The van der Waals surface area contributed by atoms with Crippen LogP contribution < -0.4 is 0 Å². The van der Waals surface area contributed by atoms with Gasteiger partial charge in [-0.2, -0.15) is 0 Å². The van der Waals surface area contributed by atoms with Crippen molar-refractivity contribution in [3.8, 4) is 12.3 Å². The van der Waals surface area contributed by atoms with Gasteiger partial charge in [0.2, 0.25) is 5.60 Å². The number of aliphatic hydroxyl groups excluding tert-OH is 2. The van der Waals surface area contributed by atoms with E-state index in [0.29, 0.717) is 4.64 Å². The molecule has 4 N–H and O–H groups in total. The first-order valence-corrected chi connectivity index (χ1v) is 6.27. The van der Waals surface area contributed by atoms with Crippen LogP contribution in [0.5, 0.6) is 0 Å². The van der Waals surface area contributed by atoms with Crippen LogP contribution in [0.3, 0.4) is 0 Å². The highest BCUT2D eigenvalue weighted by Gasteiger charge is 2.64. The third-order valence-electron chi connectivity index (χ3n) is 3.06. The summed E-state index contributed by atoms with van der Waals surface area (Å²) in [6.45, 7) is -1.18. The highest BCUT2D eigenvalue weighted by molar-refractivity contribution is 7.72. The molecule has 108 valence electrons. The van der Waals surface area contributed by atoms with E-state index in [1.807, 2.05) is 5.92 Å². The van der Waals surface area contributed by atoms with Crippen LogP contribution in [-0.2, 0) is 4.74 Å². The molecule has 1 aliphatic heterocycles. The Bertz CT molecular complexity index is 684. The maximum atomic E-state index is 14.2. The van der Waals surface area contributed by atoms with E-state index in [-0.39, 0.29) is 4.77 Å². The summed E-state index contributed by atoms with van der Waals surface area (Å²) in [6.07, 6.45) is 2.86. The minimum absolute atomic E-state index is 0.0190. The van der Waals surface area contributed by atoms with Crippen molar-refractivity contribution in [2.75, 3.05) is 6.61 Å². The number of aromatic nitrogens is 2. The molecule has 1 fully saturated rings. The lowest BCUT2D eigenvalue weighted by atomic mass is 9.94. The number of rotatable bonds is 2. The number of nitrogens with zero attached hydrogens (tertiary/aromatic N) is 1. The molecule has 0 aliphatic carbocycles. The van der Waals surface area contributed by atoms with Gasteiger partial charge in [0.1, 0.15) is 11.2 Å². The van der Waals surface area contributed by atoms with E-state index < -0.39 is 30.4 Å². The van der Waals surface area contributed by atoms with E-state index in [0.717, 1.165) is 4.57 Å². The number of H-pyrrole nitrogens is 1.